The van der Waals surface area contributed by atoms with E-state index in [0.717, 1.165) is 12.8 Å². The predicted molar refractivity (Wildman–Crippen MR) is 87.4 cm³/mol. The first-order chi connectivity index (χ1) is 12.0. The summed E-state index contributed by atoms with van der Waals surface area (Å²) in [4.78, 5) is 14.2. The monoisotopic (exact) mass is 368 g/mol. The Balaban J connectivity index is 1.86. The third-order valence-electron chi connectivity index (χ3n) is 4.04. The second-order valence-corrected chi connectivity index (χ2v) is 7.69. The molecule has 0 spiro atoms. The molecule has 2 aromatic heterocycles. The van der Waals surface area contributed by atoms with Crippen molar-refractivity contribution in [2.24, 2.45) is 0 Å². The van der Waals surface area contributed by atoms with Crippen molar-refractivity contribution in [2.45, 2.75) is 30.4 Å². The number of esters is 1. The molecule has 1 N–H and O–H groups in total. The number of nitrogens with one attached hydrogen (secondary N) is 1. The molecule has 0 radical (unpaired) electrons. The maximum atomic E-state index is 13.0. The summed E-state index contributed by atoms with van der Waals surface area (Å²) in [6.45, 7) is 0.950. The number of sulfonamides is 1. The molecule has 0 saturated carbocycles. The van der Waals surface area contributed by atoms with E-state index < -0.39 is 16.0 Å². The predicted octanol–water partition coefficient (Wildman–Crippen LogP) is 1.76. The molecule has 0 aliphatic carbocycles. The number of hydrogen-bond acceptors (Lipinski definition) is 6. The Kier molecular flexibility index (Phi) is 5.26. The number of ether oxygens (including phenoxy) is 2. The minimum Gasteiger partial charge on any atom is -0.468 e. The molecule has 1 aliphatic heterocycles. The molecule has 8 nitrogen and oxygen atoms in total. The molecule has 25 heavy (non-hydrogen) atoms. The van der Waals surface area contributed by atoms with Gasteiger partial charge in [-0.1, -0.05) is 0 Å². The van der Waals surface area contributed by atoms with Gasteiger partial charge >= 0.3 is 5.97 Å². The molecule has 0 aromatic carbocycles. The topological polar surface area (TPSA) is 102 Å². The van der Waals surface area contributed by atoms with Crippen molar-refractivity contribution in [3.05, 3.63) is 42.1 Å². The van der Waals surface area contributed by atoms with Crippen molar-refractivity contribution in [3.8, 4) is 0 Å². The molecule has 3 rings (SSSR count). The van der Waals surface area contributed by atoms with E-state index in [9.17, 15) is 13.2 Å². The van der Waals surface area contributed by atoms with Gasteiger partial charge in [0.25, 0.3) is 0 Å². The Morgan fingerprint density at radius 1 is 1.48 bits per heavy atom. The lowest BCUT2D eigenvalue weighted by Gasteiger charge is -2.23. The van der Waals surface area contributed by atoms with Crippen molar-refractivity contribution in [2.75, 3.05) is 20.3 Å². The van der Waals surface area contributed by atoms with E-state index >= 15 is 0 Å². The molecule has 2 aromatic rings. The molecular weight excluding hydrogens is 348 g/mol. The molecular formula is C16H20N2O6S. The highest BCUT2D eigenvalue weighted by molar-refractivity contribution is 7.89. The Morgan fingerprint density at radius 3 is 2.96 bits per heavy atom. The summed E-state index contributed by atoms with van der Waals surface area (Å²) in [6, 6.07) is 4.69. The summed E-state index contributed by atoms with van der Waals surface area (Å²) in [5.74, 6) is -0.0940. The van der Waals surface area contributed by atoms with E-state index in [0.29, 0.717) is 12.4 Å². The van der Waals surface area contributed by atoms with Crippen molar-refractivity contribution >= 4 is 16.0 Å². The van der Waals surface area contributed by atoms with Crippen LogP contribution in [0.3, 0.4) is 0 Å². The van der Waals surface area contributed by atoms with Crippen LogP contribution in [0.5, 0.6) is 0 Å². The highest BCUT2D eigenvalue weighted by Crippen LogP contribution is 2.23. The van der Waals surface area contributed by atoms with Gasteiger partial charge in [-0.25, -0.2) is 13.2 Å². The standard InChI is InChI=1S/C16H20N2O6S/c1-22-16(19)15-8-14(9-17-15)25(20,21)18(10-12-4-2-6-23-12)11-13-5-3-7-24-13/h2,4,6,8-9,13,17H,3,5,7,10-11H2,1H3. The number of carbonyl (C=O) groups excluding carboxylic acids is 1. The van der Waals surface area contributed by atoms with Gasteiger partial charge in [0.1, 0.15) is 16.3 Å². The molecule has 1 aliphatic rings. The summed E-state index contributed by atoms with van der Waals surface area (Å²) in [6.07, 6.45) is 4.36. The number of nitrogens with zero attached hydrogens (tertiary/aromatic N) is 1. The van der Waals surface area contributed by atoms with Crippen LogP contribution in [0.4, 0.5) is 0 Å². The molecule has 0 bridgehead atoms. The lowest BCUT2D eigenvalue weighted by Crippen LogP contribution is -2.36. The molecule has 0 amide bonds. The van der Waals surface area contributed by atoms with E-state index in [-0.39, 0.29) is 29.8 Å². The summed E-state index contributed by atoms with van der Waals surface area (Å²) < 4.78 is 42.8. The molecule has 1 unspecified atom stereocenters. The number of aromatic amines is 1. The minimum atomic E-state index is -3.83. The van der Waals surface area contributed by atoms with Crippen molar-refractivity contribution in [3.63, 3.8) is 0 Å². The van der Waals surface area contributed by atoms with Crippen LogP contribution in [0.25, 0.3) is 0 Å². The highest BCUT2D eigenvalue weighted by Gasteiger charge is 2.31. The molecule has 1 atom stereocenters. The Morgan fingerprint density at radius 2 is 2.32 bits per heavy atom. The van der Waals surface area contributed by atoms with Crippen LogP contribution in [0.1, 0.15) is 29.1 Å². The smallest absolute Gasteiger partial charge is 0.354 e. The largest absolute Gasteiger partial charge is 0.468 e. The van der Waals surface area contributed by atoms with Gasteiger partial charge in [0.15, 0.2) is 0 Å². The fourth-order valence-electron chi connectivity index (χ4n) is 2.74. The molecule has 136 valence electrons. The summed E-state index contributed by atoms with van der Waals surface area (Å²) in [5, 5.41) is 0. The first kappa shape index (κ1) is 17.7. The summed E-state index contributed by atoms with van der Waals surface area (Å²) in [5.41, 5.74) is 0.0798. The molecule has 1 saturated heterocycles. The fraction of sp³-hybridized carbons (Fsp3) is 0.438. The average molecular weight is 368 g/mol. The lowest BCUT2D eigenvalue weighted by molar-refractivity contribution is 0.0594. The first-order valence-corrected chi connectivity index (χ1v) is 9.35. The molecule has 1 fully saturated rings. The quantitative estimate of drug-likeness (QED) is 0.747. The SMILES string of the molecule is COC(=O)c1cc(S(=O)(=O)N(Cc2ccco2)CC2CCCO2)c[nH]1. The Bertz CT molecular complexity index is 806. The zero-order chi connectivity index (χ0) is 17.9. The van der Waals surface area contributed by atoms with Gasteiger partial charge in [-0.3, -0.25) is 0 Å². The van der Waals surface area contributed by atoms with Crippen LogP contribution >= 0.6 is 0 Å². The number of rotatable bonds is 7. The van der Waals surface area contributed by atoms with Crippen molar-refractivity contribution < 1.29 is 27.1 Å². The second kappa shape index (κ2) is 7.42. The summed E-state index contributed by atoms with van der Waals surface area (Å²) in [7, 11) is -2.60. The minimum absolute atomic E-state index is 0.00236. The molecule has 9 heteroatoms. The van der Waals surface area contributed by atoms with Crippen LogP contribution in [0, 0.1) is 0 Å². The Labute approximate surface area is 145 Å². The van der Waals surface area contributed by atoms with Gasteiger partial charge in [-0.05, 0) is 31.0 Å². The van der Waals surface area contributed by atoms with Crippen LogP contribution < -0.4 is 0 Å². The fourth-order valence-corrected chi connectivity index (χ4v) is 4.17. The van der Waals surface area contributed by atoms with Crippen LogP contribution in [0.15, 0.2) is 40.0 Å². The number of furan rings is 1. The third kappa shape index (κ3) is 3.94. The number of aromatic nitrogens is 1. The van der Waals surface area contributed by atoms with Gasteiger partial charge in [-0.15, -0.1) is 0 Å². The number of H-pyrrole nitrogens is 1. The molecule has 3 heterocycles. The maximum absolute atomic E-state index is 13.0. The van der Waals surface area contributed by atoms with E-state index in [1.165, 1.54) is 29.9 Å². The number of hydrogen-bond donors (Lipinski definition) is 1. The van der Waals surface area contributed by atoms with Gasteiger partial charge in [0, 0.05) is 19.3 Å². The third-order valence-corrected chi connectivity index (χ3v) is 5.83. The van der Waals surface area contributed by atoms with Gasteiger partial charge < -0.3 is 18.9 Å². The van der Waals surface area contributed by atoms with Gasteiger partial charge in [-0.2, -0.15) is 4.31 Å². The highest BCUT2D eigenvalue weighted by atomic mass is 32.2. The van der Waals surface area contributed by atoms with E-state index in [4.69, 9.17) is 9.15 Å². The van der Waals surface area contributed by atoms with Gasteiger partial charge in [0.2, 0.25) is 10.0 Å². The van der Waals surface area contributed by atoms with Crippen LogP contribution in [-0.4, -0.2) is 50.0 Å². The number of methoxy groups -OCH3 is 1. The number of carbonyl (C=O) groups is 1. The zero-order valence-corrected chi connectivity index (χ0v) is 14.6. The van der Waals surface area contributed by atoms with Crippen molar-refractivity contribution in [1.29, 1.82) is 0 Å². The summed E-state index contributed by atoms with van der Waals surface area (Å²) >= 11 is 0. The van der Waals surface area contributed by atoms with Crippen LogP contribution in [0.2, 0.25) is 0 Å². The maximum Gasteiger partial charge on any atom is 0.354 e. The normalized spacial score (nSPS) is 17.9. The Hall–Kier alpha value is -2.10. The zero-order valence-electron chi connectivity index (χ0n) is 13.8. The van der Waals surface area contributed by atoms with E-state index in [1.54, 1.807) is 12.1 Å². The van der Waals surface area contributed by atoms with Crippen LogP contribution in [-0.2, 0) is 26.0 Å². The van der Waals surface area contributed by atoms with Gasteiger partial charge in [0.05, 0.1) is 26.0 Å². The van der Waals surface area contributed by atoms with Crippen molar-refractivity contribution in [1.82, 2.24) is 9.29 Å². The van der Waals surface area contributed by atoms with E-state index in [1.807, 2.05) is 0 Å². The average Bonchev–Trinajstić information content (AvgIpc) is 3.35. The first-order valence-electron chi connectivity index (χ1n) is 7.91. The van der Waals surface area contributed by atoms with E-state index in [2.05, 4.69) is 9.72 Å². The lowest BCUT2D eigenvalue weighted by atomic mass is 10.2. The second-order valence-electron chi connectivity index (χ2n) is 5.75.